The number of aliphatic imine (C=N–C) groups is 1. The molecule has 1 N–H and O–H groups in total. The standard InChI is InChI=1S/C17H13ClN2O4S/c18-11-3-5-12(6-4-11)20(8-7-15(21)22)17-19-16(23)14(25-17)10-13-2-1-9-24-13/h1-6,9-10H,7-8H2,(H,21,22). The summed E-state index contributed by atoms with van der Waals surface area (Å²) in [6.07, 6.45) is 3.04. The first-order chi connectivity index (χ1) is 12.0. The summed E-state index contributed by atoms with van der Waals surface area (Å²) >= 11 is 7.09. The van der Waals surface area contributed by atoms with Crippen molar-refractivity contribution < 1.29 is 19.1 Å². The summed E-state index contributed by atoms with van der Waals surface area (Å²) in [4.78, 5) is 29.3. The molecule has 0 bridgehead atoms. The Morgan fingerprint density at radius 2 is 2.08 bits per heavy atom. The summed E-state index contributed by atoms with van der Waals surface area (Å²) in [6, 6.07) is 10.4. The Balaban J connectivity index is 1.85. The largest absolute Gasteiger partial charge is 0.481 e. The van der Waals surface area contributed by atoms with Gasteiger partial charge in [-0.3, -0.25) is 9.59 Å². The van der Waals surface area contributed by atoms with Gasteiger partial charge in [0.25, 0.3) is 5.91 Å². The van der Waals surface area contributed by atoms with Gasteiger partial charge in [0, 0.05) is 23.3 Å². The topological polar surface area (TPSA) is 83.1 Å². The minimum atomic E-state index is -0.930. The first kappa shape index (κ1) is 17.3. The van der Waals surface area contributed by atoms with E-state index in [2.05, 4.69) is 4.99 Å². The molecule has 0 atom stereocenters. The number of carbonyl (C=O) groups excluding carboxylic acids is 1. The predicted octanol–water partition coefficient (Wildman–Crippen LogP) is 3.88. The number of carboxylic acids is 1. The van der Waals surface area contributed by atoms with Crippen LogP contribution in [-0.4, -0.2) is 28.7 Å². The third kappa shape index (κ3) is 4.32. The van der Waals surface area contributed by atoms with Crippen LogP contribution in [0.2, 0.25) is 5.02 Å². The lowest BCUT2D eigenvalue weighted by Gasteiger charge is -2.22. The molecule has 3 rings (SSSR count). The molecule has 0 unspecified atom stereocenters. The number of thioether (sulfide) groups is 1. The number of halogens is 1. The smallest absolute Gasteiger partial charge is 0.305 e. The number of benzene rings is 1. The molecule has 2 aromatic rings. The molecule has 0 saturated carbocycles. The van der Waals surface area contributed by atoms with Crippen LogP contribution in [0.3, 0.4) is 0 Å². The lowest BCUT2D eigenvalue weighted by atomic mass is 10.3. The van der Waals surface area contributed by atoms with Crippen LogP contribution >= 0.6 is 23.4 Å². The fraction of sp³-hybridized carbons (Fsp3) is 0.118. The predicted molar refractivity (Wildman–Crippen MR) is 97.8 cm³/mol. The van der Waals surface area contributed by atoms with Crippen molar-refractivity contribution >= 4 is 52.2 Å². The van der Waals surface area contributed by atoms with Crippen LogP contribution in [0.5, 0.6) is 0 Å². The van der Waals surface area contributed by atoms with Gasteiger partial charge in [-0.2, -0.15) is 4.99 Å². The number of carboxylic acid groups (broad SMARTS) is 1. The Bertz CT molecular complexity index is 844. The number of amidine groups is 1. The Labute approximate surface area is 152 Å². The van der Waals surface area contributed by atoms with Crippen LogP contribution < -0.4 is 4.90 Å². The van der Waals surface area contributed by atoms with E-state index in [1.54, 1.807) is 47.4 Å². The second-order valence-corrected chi connectivity index (χ2v) is 6.54. The molecule has 2 heterocycles. The van der Waals surface area contributed by atoms with Crippen LogP contribution in [0.4, 0.5) is 5.69 Å². The van der Waals surface area contributed by atoms with Gasteiger partial charge in [0.15, 0.2) is 5.17 Å². The quantitative estimate of drug-likeness (QED) is 0.797. The first-order valence-electron chi connectivity index (χ1n) is 7.34. The first-order valence-corrected chi connectivity index (χ1v) is 8.53. The van der Waals surface area contributed by atoms with Gasteiger partial charge >= 0.3 is 5.97 Å². The number of aliphatic carboxylic acids is 1. The number of hydrogen-bond donors (Lipinski definition) is 1. The average Bonchev–Trinajstić information content (AvgIpc) is 3.20. The number of furan rings is 1. The Hall–Kier alpha value is -2.51. The molecule has 8 heteroatoms. The molecular weight excluding hydrogens is 364 g/mol. The molecule has 0 aliphatic carbocycles. The highest BCUT2D eigenvalue weighted by Gasteiger charge is 2.27. The SMILES string of the molecule is O=C(O)CCN(C1=NC(=O)C(=Cc2ccco2)S1)c1ccc(Cl)cc1. The van der Waals surface area contributed by atoms with Crippen molar-refractivity contribution in [1.29, 1.82) is 0 Å². The third-order valence-corrected chi connectivity index (χ3v) is 4.60. The van der Waals surface area contributed by atoms with Crippen LogP contribution in [0, 0.1) is 0 Å². The summed E-state index contributed by atoms with van der Waals surface area (Å²) in [5.41, 5.74) is 0.712. The highest BCUT2D eigenvalue weighted by molar-refractivity contribution is 8.18. The Morgan fingerprint density at radius 1 is 1.32 bits per heavy atom. The number of nitrogens with zero attached hydrogens (tertiary/aromatic N) is 2. The summed E-state index contributed by atoms with van der Waals surface area (Å²) in [6.45, 7) is 0.185. The third-order valence-electron chi connectivity index (χ3n) is 3.34. The van der Waals surface area contributed by atoms with Gasteiger partial charge in [-0.25, -0.2) is 0 Å². The molecule has 128 valence electrons. The summed E-state index contributed by atoms with van der Waals surface area (Å²) in [5, 5.41) is 9.98. The van der Waals surface area contributed by atoms with E-state index in [1.165, 1.54) is 18.0 Å². The Kier molecular flexibility index (Phi) is 5.25. The lowest BCUT2D eigenvalue weighted by molar-refractivity contribution is -0.136. The molecule has 6 nitrogen and oxygen atoms in total. The maximum Gasteiger partial charge on any atom is 0.305 e. The zero-order chi connectivity index (χ0) is 17.8. The molecule has 25 heavy (non-hydrogen) atoms. The second-order valence-electron chi connectivity index (χ2n) is 5.10. The van der Waals surface area contributed by atoms with E-state index in [1.807, 2.05) is 0 Å². The highest BCUT2D eigenvalue weighted by Crippen LogP contribution is 2.33. The van der Waals surface area contributed by atoms with Gasteiger partial charge in [0.05, 0.1) is 17.6 Å². The highest BCUT2D eigenvalue weighted by atomic mass is 35.5. The number of anilines is 1. The van der Waals surface area contributed by atoms with E-state index >= 15 is 0 Å². The fourth-order valence-electron chi connectivity index (χ4n) is 2.18. The molecular formula is C17H13ClN2O4S. The maximum atomic E-state index is 12.2. The van der Waals surface area contributed by atoms with Crippen molar-refractivity contribution in [3.05, 3.63) is 58.3 Å². The van der Waals surface area contributed by atoms with E-state index in [-0.39, 0.29) is 18.9 Å². The maximum absolute atomic E-state index is 12.2. The lowest BCUT2D eigenvalue weighted by Crippen LogP contribution is -2.30. The van der Waals surface area contributed by atoms with Crippen LogP contribution in [-0.2, 0) is 9.59 Å². The van der Waals surface area contributed by atoms with Crippen LogP contribution in [0.15, 0.2) is 57.0 Å². The molecule has 1 amide bonds. The average molecular weight is 377 g/mol. The van der Waals surface area contributed by atoms with Gasteiger partial charge in [0.1, 0.15) is 5.76 Å². The Morgan fingerprint density at radius 3 is 2.72 bits per heavy atom. The van der Waals surface area contributed by atoms with Crippen LogP contribution in [0.25, 0.3) is 6.08 Å². The molecule has 1 aliphatic heterocycles. The fourth-order valence-corrected chi connectivity index (χ4v) is 3.25. The zero-order valence-corrected chi connectivity index (χ0v) is 14.5. The number of hydrogen-bond acceptors (Lipinski definition) is 5. The van der Waals surface area contributed by atoms with E-state index < -0.39 is 5.97 Å². The van der Waals surface area contributed by atoms with Crippen molar-refractivity contribution in [3.8, 4) is 0 Å². The number of rotatable bonds is 5. The minimum absolute atomic E-state index is 0.0897. The van der Waals surface area contributed by atoms with Crippen molar-refractivity contribution in [2.45, 2.75) is 6.42 Å². The van der Waals surface area contributed by atoms with Crippen molar-refractivity contribution in [1.82, 2.24) is 0 Å². The number of carbonyl (C=O) groups is 2. The van der Waals surface area contributed by atoms with E-state index in [9.17, 15) is 9.59 Å². The van der Waals surface area contributed by atoms with Crippen LogP contribution in [0.1, 0.15) is 12.2 Å². The summed E-state index contributed by atoms with van der Waals surface area (Å²) in [5.74, 6) is -0.762. The zero-order valence-electron chi connectivity index (χ0n) is 12.9. The molecule has 0 radical (unpaired) electrons. The summed E-state index contributed by atoms with van der Waals surface area (Å²) in [7, 11) is 0. The molecule has 1 aromatic carbocycles. The van der Waals surface area contributed by atoms with E-state index in [0.717, 1.165) is 0 Å². The van der Waals surface area contributed by atoms with Crippen molar-refractivity contribution in [3.63, 3.8) is 0 Å². The molecule has 0 spiro atoms. The van der Waals surface area contributed by atoms with Gasteiger partial charge < -0.3 is 14.4 Å². The van der Waals surface area contributed by atoms with Crippen molar-refractivity contribution in [2.24, 2.45) is 4.99 Å². The van der Waals surface area contributed by atoms with Gasteiger partial charge in [-0.15, -0.1) is 0 Å². The second kappa shape index (κ2) is 7.58. The van der Waals surface area contributed by atoms with Gasteiger partial charge in [0.2, 0.25) is 0 Å². The number of amides is 1. The van der Waals surface area contributed by atoms with E-state index in [4.69, 9.17) is 21.1 Å². The van der Waals surface area contributed by atoms with Gasteiger partial charge in [-0.05, 0) is 48.2 Å². The monoisotopic (exact) mass is 376 g/mol. The van der Waals surface area contributed by atoms with Gasteiger partial charge in [-0.1, -0.05) is 11.6 Å². The summed E-state index contributed by atoms with van der Waals surface area (Å²) < 4.78 is 5.22. The van der Waals surface area contributed by atoms with Crippen molar-refractivity contribution in [2.75, 3.05) is 11.4 Å². The molecule has 1 aromatic heterocycles. The minimum Gasteiger partial charge on any atom is -0.481 e. The molecule has 0 saturated heterocycles. The molecule has 1 aliphatic rings. The molecule has 0 fully saturated rings. The normalized spacial score (nSPS) is 15.5. The van der Waals surface area contributed by atoms with E-state index in [0.29, 0.717) is 26.5 Å².